The Morgan fingerprint density at radius 3 is 2.23 bits per heavy atom. The number of carbonyl (C=O) groups excluding carboxylic acids is 5. The van der Waals surface area contributed by atoms with E-state index in [1.807, 2.05) is 125 Å². The van der Waals surface area contributed by atoms with Gasteiger partial charge in [0.25, 0.3) is 11.8 Å². The Hall–Kier alpha value is -6.61. The number of amides is 5. The monoisotopic (exact) mass is 1030 g/mol. The lowest BCUT2D eigenvalue weighted by Gasteiger charge is -2.35. The highest BCUT2D eigenvalue weighted by Gasteiger charge is 2.44. The molecule has 0 spiro atoms. The smallest absolute Gasteiger partial charge is 0.257 e. The zero-order valence-corrected chi connectivity index (χ0v) is 43.6. The second-order valence-corrected chi connectivity index (χ2v) is 20.7. The molecule has 5 amide bonds. The SMILES string of the molecule is Cc1ccccc1Nc1ncc(C(=O)NCCOCCOCCOCCC(=O)N[C@H](C(=O)N2C[C@H](O)C[C@H]2C(=O)N[C@@H](C)c2ccc(-c3scnc3C)cc2)C(C)(C)C)cc1NC(=O)c1csc2ccccc12. The molecule has 0 saturated carbocycles. The Morgan fingerprint density at radius 1 is 0.822 bits per heavy atom. The minimum Gasteiger partial charge on any atom is -0.391 e. The Morgan fingerprint density at radius 2 is 1.52 bits per heavy atom. The molecule has 1 aliphatic rings. The van der Waals surface area contributed by atoms with Crippen molar-refractivity contribution in [1.82, 2.24) is 30.8 Å². The Balaban J connectivity index is 0.789. The summed E-state index contributed by atoms with van der Waals surface area (Å²) in [5.41, 5.74) is 6.93. The number of likely N-dealkylation sites (tertiary alicyclic amines) is 1. The lowest BCUT2D eigenvalue weighted by molar-refractivity contribution is -0.144. The van der Waals surface area contributed by atoms with E-state index in [1.54, 1.807) is 17.4 Å². The van der Waals surface area contributed by atoms with Gasteiger partial charge in [0.05, 0.1) is 84.7 Å². The van der Waals surface area contributed by atoms with E-state index in [0.29, 0.717) is 17.1 Å². The van der Waals surface area contributed by atoms with Crippen molar-refractivity contribution in [2.75, 3.05) is 63.4 Å². The molecule has 4 atom stereocenters. The fourth-order valence-corrected chi connectivity index (χ4v) is 10.0. The summed E-state index contributed by atoms with van der Waals surface area (Å²) in [6.45, 7) is 12.8. The molecule has 386 valence electrons. The predicted octanol–water partition coefficient (Wildman–Crippen LogP) is 7.57. The van der Waals surface area contributed by atoms with E-state index in [0.717, 1.165) is 43.0 Å². The van der Waals surface area contributed by atoms with E-state index >= 15 is 0 Å². The third-order valence-electron chi connectivity index (χ3n) is 12.3. The average molecular weight is 1030 g/mol. The molecule has 0 bridgehead atoms. The van der Waals surface area contributed by atoms with E-state index in [1.165, 1.54) is 22.4 Å². The molecule has 19 heteroatoms. The van der Waals surface area contributed by atoms with Gasteiger partial charge in [-0.15, -0.1) is 22.7 Å². The van der Waals surface area contributed by atoms with Gasteiger partial charge < -0.3 is 50.8 Å². The summed E-state index contributed by atoms with van der Waals surface area (Å²) in [5.74, 6) is -1.52. The van der Waals surface area contributed by atoms with E-state index in [2.05, 4.69) is 36.6 Å². The van der Waals surface area contributed by atoms with Gasteiger partial charge in [-0.1, -0.05) is 81.4 Å². The number of nitrogens with one attached hydrogen (secondary N) is 5. The first-order valence-electron chi connectivity index (χ1n) is 24.3. The summed E-state index contributed by atoms with van der Waals surface area (Å²) >= 11 is 3.05. The molecular formula is C54H64N8O9S2. The van der Waals surface area contributed by atoms with Crippen LogP contribution in [0.25, 0.3) is 20.5 Å². The first-order valence-corrected chi connectivity index (χ1v) is 26.0. The summed E-state index contributed by atoms with van der Waals surface area (Å²) in [7, 11) is 0. The number of fused-ring (bicyclic) bond motifs is 1. The van der Waals surface area contributed by atoms with Crippen LogP contribution in [-0.2, 0) is 28.6 Å². The van der Waals surface area contributed by atoms with Crippen molar-refractivity contribution >= 4 is 79.5 Å². The summed E-state index contributed by atoms with van der Waals surface area (Å²) in [6.07, 6.45) is 0.642. The van der Waals surface area contributed by atoms with Gasteiger partial charge in [-0.25, -0.2) is 9.97 Å². The number of para-hydroxylation sites is 1. The van der Waals surface area contributed by atoms with E-state index in [-0.39, 0.29) is 101 Å². The first kappa shape index (κ1) is 54.2. The van der Waals surface area contributed by atoms with Crippen molar-refractivity contribution in [2.45, 2.75) is 78.6 Å². The van der Waals surface area contributed by atoms with Crippen molar-refractivity contribution < 1.29 is 43.3 Å². The maximum absolute atomic E-state index is 14.1. The van der Waals surface area contributed by atoms with Gasteiger partial charge in [0.2, 0.25) is 17.7 Å². The minimum atomic E-state index is -0.960. The van der Waals surface area contributed by atoms with Crippen molar-refractivity contribution in [1.29, 1.82) is 0 Å². The first-order chi connectivity index (χ1) is 35.1. The molecule has 4 heterocycles. The van der Waals surface area contributed by atoms with Crippen LogP contribution in [0.4, 0.5) is 17.2 Å². The van der Waals surface area contributed by atoms with Gasteiger partial charge in [0.15, 0.2) is 5.82 Å². The van der Waals surface area contributed by atoms with Crippen molar-refractivity contribution in [2.24, 2.45) is 5.41 Å². The van der Waals surface area contributed by atoms with Crippen LogP contribution < -0.4 is 26.6 Å². The van der Waals surface area contributed by atoms with Gasteiger partial charge in [-0.2, -0.15) is 0 Å². The van der Waals surface area contributed by atoms with Gasteiger partial charge in [-0.05, 0) is 61.1 Å². The number of thiophene rings is 1. The summed E-state index contributed by atoms with van der Waals surface area (Å²) in [4.78, 5) is 78.9. The van der Waals surface area contributed by atoms with Crippen LogP contribution in [-0.4, -0.2) is 120 Å². The molecule has 7 rings (SSSR count). The molecule has 6 N–H and O–H groups in total. The molecule has 1 aliphatic heterocycles. The number of hydrogen-bond donors (Lipinski definition) is 6. The van der Waals surface area contributed by atoms with E-state index in [4.69, 9.17) is 14.2 Å². The van der Waals surface area contributed by atoms with Gasteiger partial charge >= 0.3 is 0 Å². The Bertz CT molecular complexity index is 2860. The minimum absolute atomic E-state index is 0.00688. The van der Waals surface area contributed by atoms with Gasteiger partial charge in [0.1, 0.15) is 12.1 Å². The molecule has 0 unspecified atom stereocenters. The number of benzene rings is 3. The molecule has 6 aromatic rings. The standard InChI is InChI=1S/C54H64N8O9S2/c1-33-11-7-9-13-42(33)59-49-43(60-51(66)41-31-72-45-14-10-8-12-40(41)45)27-38(29-56-49)50(65)55-20-22-70-24-26-71-25-23-69-21-19-46(64)61-48(54(4,5)6)53(68)62-30-39(63)28-44(62)52(67)58-34(2)36-15-17-37(18-16-36)47-35(3)57-32-73-47/h7-18,27,29,31-32,34,39,44,48,63H,19-26,28,30H2,1-6H3,(H,55,65)(H,56,59)(H,58,67)(H,60,66)(H,61,64)/t34-,39+,44-,48+/m0/s1. The van der Waals surface area contributed by atoms with Crippen LogP contribution >= 0.6 is 22.7 Å². The molecule has 17 nitrogen and oxygen atoms in total. The highest BCUT2D eigenvalue weighted by molar-refractivity contribution is 7.17. The molecule has 3 aromatic heterocycles. The van der Waals surface area contributed by atoms with Crippen LogP contribution in [0, 0.1) is 19.3 Å². The molecule has 1 saturated heterocycles. The fraction of sp³-hybridized carbons (Fsp3) is 0.389. The number of aliphatic hydroxyl groups is 1. The number of aryl methyl sites for hydroxylation is 2. The lowest BCUT2D eigenvalue weighted by Crippen LogP contribution is -2.58. The number of nitrogens with zero attached hydrogens (tertiary/aromatic N) is 3. The van der Waals surface area contributed by atoms with Crippen LogP contribution in [0.1, 0.15) is 84.1 Å². The second-order valence-electron chi connectivity index (χ2n) is 18.9. The normalized spacial score (nSPS) is 15.4. The summed E-state index contributed by atoms with van der Waals surface area (Å²) in [5, 5.41) is 28.2. The van der Waals surface area contributed by atoms with Crippen molar-refractivity contribution in [3.63, 3.8) is 0 Å². The number of thiazole rings is 1. The average Bonchev–Trinajstić information content (AvgIpc) is 4.12. The van der Waals surface area contributed by atoms with Crippen molar-refractivity contribution in [3.05, 3.63) is 124 Å². The van der Waals surface area contributed by atoms with Gasteiger partial charge in [-0.3, -0.25) is 24.0 Å². The third kappa shape index (κ3) is 14.5. The molecule has 1 fully saturated rings. The van der Waals surface area contributed by atoms with Crippen LogP contribution in [0.2, 0.25) is 0 Å². The molecule has 0 radical (unpaired) electrons. The maximum Gasteiger partial charge on any atom is 0.257 e. The van der Waals surface area contributed by atoms with Crippen LogP contribution in [0.3, 0.4) is 0 Å². The summed E-state index contributed by atoms with van der Waals surface area (Å²) < 4.78 is 17.9. The number of hydrogen-bond acceptors (Lipinski definition) is 14. The molecule has 0 aliphatic carbocycles. The number of aliphatic hydroxyl groups excluding tert-OH is 1. The predicted molar refractivity (Wildman–Crippen MR) is 284 cm³/mol. The maximum atomic E-state index is 14.1. The fourth-order valence-electron chi connectivity index (χ4n) is 8.26. The summed E-state index contributed by atoms with van der Waals surface area (Å²) in [6, 6.07) is 22.7. The number of pyridine rings is 1. The number of aromatic nitrogens is 2. The number of rotatable bonds is 23. The topological polar surface area (TPSA) is 222 Å². The highest BCUT2D eigenvalue weighted by atomic mass is 32.1. The van der Waals surface area contributed by atoms with E-state index in [9.17, 15) is 29.1 Å². The second kappa shape index (κ2) is 25.4. The third-order valence-corrected chi connectivity index (χ3v) is 14.3. The molecular weight excluding hydrogens is 969 g/mol. The zero-order chi connectivity index (χ0) is 52.1. The Kier molecular flexibility index (Phi) is 18.8. The quantitative estimate of drug-likeness (QED) is 0.0342. The zero-order valence-electron chi connectivity index (χ0n) is 42.0. The van der Waals surface area contributed by atoms with E-state index < -0.39 is 29.5 Å². The Labute approximate surface area is 433 Å². The molecule has 73 heavy (non-hydrogen) atoms. The lowest BCUT2D eigenvalue weighted by atomic mass is 9.85. The van der Waals surface area contributed by atoms with Crippen molar-refractivity contribution in [3.8, 4) is 10.4 Å². The highest BCUT2D eigenvalue weighted by Crippen LogP contribution is 2.32. The van der Waals surface area contributed by atoms with Crippen LogP contribution in [0.5, 0.6) is 0 Å². The number of carbonyl (C=O) groups is 5. The van der Waals surface area contributed by atoms with Crippen LogP contribution in [0.15, 0.2) is 96.0 Å². The number of anilines is 3. The largest absolute Gasteiger partial charge is 0.391 e. The number of β-amino-alcohol motifs (C(OH)–C–C–N with tert-alkyl or cyclic N) is 1. The van der Waals surface area contributed by atoms with Gasteiger partial charge in [0, 0.05) is 53.3 Å². The molecule has 3 aromatic carbocycles. The number of ether oxygens (including phenoxy) is 3.